The average Bonchev–Trinajstić information content (AvgIpc) is 2.26. The number of benzene rings is 1. The number of halogens is 1. The molecular formula is C13H18ClNO. The van der Waals surface area contributed by atoms with E-state index in [0.717, 1.165) is 12.0 Å². The van der Waals surface area contributed by atoms with E-state index in [-0.39, 0.29) is 5.91 Å². The maximum Gasteiger partial charge on any atom is 0.220 e. The summed E-state index contributed by atoms with van der Waals surface area (Å²) in [4.78, 5) is 11.5. The molecule has 0 aliphatic carbocycles. The Labute approximate surface area is 102 Å². The van der Waals surface area contributed by atoms with Gasteiger partial charge in [0.25, 0.3) is 0 Å². The largest absolute Gasteiger partial charge is 0.352 e. The highest BCUT2D eigenvalue weighted by Gasteiger charge is 2.06. The van der Waals surface area contributed by atoms with Crippen LogP contribution in [0.2, 0.25) is 5.02 Å². The first-order valence-corrected chi connectivity index (χ1v) is 6.00. The number of nitrogens with one attached hydrogen (secondary N) is 1. The molecule has 1 aromatic carbocycles. The fourth-order valence-corrected chi connectivity index (χ4v) is 1.59. The third kappa shape index (κ3) is 4.67. The molecule has 1 atom stereocenters. The molecule has 16 heavy (non-hydrogen) atoms. The van der Waals surface area contributed by atoms with Crippen LogP contribution in [-0.4, -0.2) is 5.91 Å². The molecule has 1 amide bonds. The highest BCUT2D eigenvalue weighted by molar-refractivity contribution is 6.30. The van der Waals surface area contributed by atoms with Gasteiger partial charge in [-0.1, -0.05) is 44.0 Å². The minimum absolute atomic E-state index is 0.106. The van der Waals surface area contributed by atoms with Gasteiger partial charge in [0, 0.05) is 18.0 Å². The van der Waals surface area contributed by atoms with Gasteiger partial charge in [-0.2, -0.15) is 0 Å². The third-order valence-electron chi connectivity index (χ3n) is 2.61. The first-order chi connectivity index (χ1) is 7.61. The van der Waals surface area contributed by atoms with Gasteiger partial charge in [-0.05, 0) is 23.6 Å². The van der Waals surface area contributed by atoms with Crippen molar-refractivity contribution in [1.29, 1.82) is 0 Å². The summed E-state index contributed by atoms with van der Waals surface area (Å²) in [6.45, 7) is 4.73. The predicted molar refractivity (Wildman–Crippen MR) is 67.4 cm³/mol. The Morgan fingerprint density at radius 2 is 2.25 bits per heavy atom. The maximum atomic E-state index is 11.5. The molecule has 3 heteroatoms. The second-order valence-corrected chi connectivity index (χ2v) is 4.56. The van der Waals surface area contributed by atoms with Crippen molar-refractivity contribution in [3.63, 3.8) is 0 Å². The van der Waals surface area contributed by atoms with Crippen LogP contribution in [0.4, 0.5) is 0 Å². The monoisotopic (exact) mass is 239 g/mol. The quantitative estimate of drug-likeness (QED) is 0.839. The van der Waals surface area contributed by atoms with Gasteiger partial charge in [0.05, 0.1) is 0 Å². The average molecular weight is 240 g/mol. The van der Waals surface area contributed by atoms with Crippen LogP contribution < -0.4 is 5.32 Å². The fraction of sp³-hybridized carbons (Fsp3) is 0.462. The van der Waals surface area contributed by atoms with Crippen molar-refractivity contribution in [3.8, 4) is 0 Å². The van der Waals surface area contributed by atoms with Crippen molar-refractivity contribution in [1.82, 2.24) is 5.32 Å². The van der Waals surface area contributed by atoms with Crippen LogP contribution in [-0.2, 0) is 11.3 Å². The Balaban J connectivity index is 2.37. The van der Waals surface area contributed by atoms with E-state index >= 15 is 0 Å². The van der Waals surface area contributed by atoms with E-state index in [9.17, 15) is 4.79 Å². The molecule has 0 aliphatic heterocycles. The van der Waals surface area contributed by atoms with Gasteiger partial charge < -0.3 is 5.32 Å². The topological polar surface area (TPSA) is 29.1 Å². The van der Waals surface area contributed by atoms with Gasteiger partial charge >= 0.3 is 0 Å². The highest BCUT2D eigenvalue weighted by atomic mass is 35.5. The normalized spacial score (nSPS) is 12.2. The SMILES string of the molecule is CCC(C)CC(=O)NCc1cccc(Cl)c1. The van der Waals surface area contributed by atoms with E-state index in [2.05, 4.69) is 19.2 Å². The van der Waals surface area contributed by atoms with Gasteiger partial charge in [-0.15, -0.1) is 0 Å². The minimum Gasteiger partial charge on any atom is -0.352 e. The van der Waals surface area contributed by atoms with Gasteiger partial charge in [0.15, 0.2) is 0 Å². The standard InChI is InChI=1S/C13H18ClNO/c1-3-10(2)7-13(16)15-9-11-5-4-6-12(14)8-11/h4-6,8,10H,3,7,9H2,1-2H3,(H,15,16). The van der Waals surface area contributed by atoms with Gasteiger partial charge in [0.2, 0.25) is 5.91 Å². The lowest BCUT2D eigenvalue weighted by atomic mass is 10.1. The van der Waals surface area contributed by atoms with Crippen LogP contribution in [0.25, 0.3) is 0 Å². The van der Waals surface area contributed by atoms with Gasteiger partial charge in [0.1, 0.15) is 0 Å². The van der Waals surface area contributed by atoms with E-state index in [1.165, 1.54) is 0 Å². The lowest BCUT2D eigenvalue weighted by molar-refractivity contribution is -0.122. The molecule has 0 heterocycles. The molecule has 1 unspecified atom stereocenters. The van der Waals surface area contributed by atoms with Crippen LogP contribution in [0, 0.1) is 5.92 Å². The fourth-order valence-electron chi connectivity index (χ4n) is 1.38. The minimum atomic E-state index is 0.106. The van der Waals surface area contributed by atoms with Crippen molar-refractivity contribution in [2.75, 3.05) is 0 Å². The Kier molecular flexibility index (Phi) is 5.33. The molecule has 0 aliphatic rings. The van der Waals surface area contributed by atoms with E-state index in [1.807, 2.05) is 24.3 Å². The van der Waals surface area contributed by atoms with Crippen LogP contribution in [0.3, 0.4) is 0 Å². The van der Waals surface area contributed by atoms with E-state index in [0.29, 0.717) is 23.9 Å². The molecule has 0 saturated carbocycles. The first kappa shape index (κ1) is 13.0. The second kappa shape index (κ2) is 6.54. The van der Waals surface area contributed by atoms with Crippen LogP contribution in [0.15, 0.2) is 24.3 Å². The predicted octanol–water partition coefficient (Wildman–Crippen LogP) is 3.39. The summed E-state index contributed by atoms with van der Waals surface area (Å²) in [5.41, 5.74) is 1.03. The Hall–Kier alpha value is -1.02. The number of amides is 1. The van der Waals surface area contributed by atoms with Crippen LogP contribution in [0.5, 0.6) is 0 Å². The smallest absolute Gasteiger partial charge is 0.220 e. The molecule has 0 spiro atoms. The molecule has 1 N–H and O–H groups in total. The summed E-state index contributed by atoms with van der Waals surface area (Å²) in [5.74, 6) is 0.550. The van der Waals surface area contributed by atoms with Crippen LogP contribution in [0.1, 0.15) is 32.3 Å². The lowest BCUT2D eigenvalue weighted by Gasteiger charge is -2.09. The molecule has 1 aromatic rings. The zero-order valence-electron chi connectivity index (χ0n) is 9.79. The second-order valence-electron chi connectivity index (χ2n) is 4.12. The molecule has 0 radical (unpaired) electrons. The number of rotatable bonds is 5. The number of carbonyl (C=O) groups excluding carboxylic acids is 1. The molecule has 2 nitrogen and oxygen atoms in total. The summed E-state index contributed by atoms with van der Waals surface area (Å²) in [5, 5.41) is 3.60. The van der Waals surface area contributed by atoms with Gasteiger partial charge in [-0.25, -0.2) is 0 Å². The zero-order valence-corrected chi connectivity index (χ0v) is 10.6. The molecular weight excluding hydrogens is 222 g/mol. The van der Waals surface area contributed by atoms with Crippen molar-refractivity contribution in [2.24, 2.45) is 5.92 Å². The molecule has 0 bridgehead atoms. The van der Waals surface area contributed by atoms with Crippen molar-refractivity contribution < 1.29 is 4.79 Å². The Bertz CT molecular complexity index is 352. The zero-order chi connectivity index (χ0) is 12.0. The first-order valence-electron chi connectivity index (χ1n) is 5.63. The molecule has 1 rings (SSSR count). The third-order valence-corrected chi connectivity index (χ3v) is 2.84. The summed E-state index contributed by atoms with van der Waals surface area (Å²) >= 11 is 5.85. The summed E-state index contributed by atoms with van der Waals surface area (Å²) < 4.78 is 0. The molecule has 0 aromatic heterocycles. The van der Waals surface area contributed by atoms with Gasteiger partial charge in [-0.3, -0.25) is 4.79 Å². The molecule has 0 fully saturated rings. The van der Waals surface area contributed by atoms with Crippen molar-refractivity contribution in [3.05, 3.63) is 34.9 Å². The van der Waals surface area contributed by atoms with E-state index in [4.69, 9.17) is 11.6 Å². The summed E-state index contributed by atoms with van der Waals surface area (Å²) in [7, 11) is 0. The summed E-state index contributed by atoms with van der Waals surface area (Å²) in [6.07, 6.45) is 1.63. The molecule has 0 saturated heterocycles. The number of carbonyl (C=O) groups is 1. The van der Waals surface area contributed by atoms with Crippen LogP contribution >= 0.6 is 11.6 Å². The maximum absolute atomic E-state index is 11.5. The Morgan fingerprint density at radius 1 is 1.50 bits per heavy atom. The lowest BCUT2D eigenvalue weighted by Crippen LogP contribution is -2.24. The summed E-state index contributed by atoms with van der Waals surface area (Å²) in [6, 6.07) is 7.53. The van der Waals surface area contributed by atoms with Crippen molar-refractivity contribution in [2.45, 2.75) is 33.2 Å². The number of hydrogen-bond donors (Lipinski definition) is 1. The highest BCUT2D eigenvalue weighted by Crippen LogP contribution is 2.11. The number of hydrogen-bond acceptors (Lipinski definition) is 1. The Morgan fingerprint density at radius 3 is 2.88 bits per heavy atom. The van der Waals surface area contributed by atoms with E-state index in [1.54, 1.807) is 0 Å². The molecule has 88 valence electrons. The van der Waals surface area contributed by atoms with E-state index < -0.39 is 0 Å². The van der Waals surface area contributed by atoms with Crippen molar-refractivity contribution >= 4 is 17.5 Å².